The zero-order chi connectivity index (χ0) is 16.5. The van der Waals surface area contributed by atoms with E-state index in [1.807, 2.05) is 20.8 Å². The molecule has 1 aliphatic rings. The van der Waals surface area contributed by atoms with Gasteiger partial charge >= 0.3 is 0 Å². The summed E-state index contributed by atoms with van der Waals surface area (Å²) >= 11 is 5.86. The van der Waals surface area contributed by atoms with Crippen molar-refractivity contribution in [2.75, 3.05) is 18.5 Å². The van der Waals surface area contributed by atoms with Crippen molar-refractivity contribution in [1.29, 1.82) is 0 Å². The molecule has 1 heterocycles. The van der Waals surface area contributed by atoms with Crippen molar-refractivity contribution in [3.63, 3.8) is 0 Å². The largest absolute Gasteiger partial charge is 0.506 e. The van der Waals surface area contributed by atoms with Gasteiger partial charge in [-0.25, -0.2) is 0 Å². The summed E-state index contributed by atoms with van der Waals surface area (Å²) in [5.74, 6) is -0.744. The molecule has 0 bridgehead atoms. The number of nitrogens with one attached hydrogen (secondary N) is 1. The van der Waals surface area contributed by atoms with Gasteiger partial charge in [-0.2, -0.15) is 0 Å². The lowest BCUT2D eigenvalue weighted by Gasteiger charge is -2.25. The Morgan fingerprint density at radius 1 is 1.45 bits per heavy atom. The molecule has 1 fully saturated rings. The molecular weight excluding hydrogens is 310 g/mol. The van der Waals surface area contributed by atoms with E-state index in [1.165, 1.54) is 19.1 Å². The number of hydrogen-bond acceptors (Lipinski definition) is 5. The molecule has 0 aliphatic carbocycles. The van der Waals surface area contributed by atoms with Crippen LogP contribution in [0.25, 0.3) is 0 Å². The molecule has 7 heteroatoms. The molecule has 0 radical (unpaired) electrons. The van der Waals surface area contributed by atoms with Crippen LogP contribution in [-0.2, 0) is 14.3 Å². The zero-order valence-electron chi connectivity index (χ0n) is 13.0. The van der Waals surface area contributed by atoms with Gasteiger partial charge in [0.2, 0.25) is 5.91 Å². The smallest absolute Gasteiger partial charge is 0.221 e. The Morgan fingerprint density at radius 2 is 2.14 bits per heavy atom. The van der Waals surface area contributed by atoms with Crippen molar-refractivity contribution in [1.82, 2.24) is 0 Å². The van der Waals surface area contributed by atoms with Crippen molar-refractivity contribution in [3.05, 3.63) is 17.2 Å². The molecule has 2 N–H and O–H groups in total. The molecule has 1 aromatic carbocycles. The molecule has 1 unspecified atom stereocenters. The number of amides is 1. The molecular formula is C15H20ClNO5. The van der Waals surface area contributed by atoms with Gasteiger partial charge in [-0.1, -0.05) is 11.6 Å². The molecule has 2 rings (SSSR count). The van der Waals surface area contributed by atoms with Crippen LogP contribution in [0.15, 0.2) is 12.1 Å². The van der Waals surface area contributed by atoms with E-state index >= 15 is 0 Å². The third kappa shape index (κ3) is 4.03. The normalized spacial score (nSPS) is 23.3. The maximum absolute atomic E-state index is 11.3. The van der Waals surface area contributed by atoms with Crippen LogP contribution in [0, 0.1) is 0 Å². The van der Waals surface area contributed by atoms with Crippen LogP contribution >= 0.6 is 11.6 Å². The molecule has 0 saturated carbocycles. The highest BCUT2D eigenvalue weighted by molar-refractivity contribution is 6.32. The summed E-state index contributed by atoms with van der Waals surface area (Å²) in [6.07, 6.45) is 0. The molecule has 1 saturated heterocycles. The molecule has 0 spiro atoms. The predicted octanol–water partition coefficient (Wildman–Crippen LogP) is 2.92. The SMILES string of the molecule is CC(=O)Nc1cc(Cl)c(O)cc1OCC1(C)COC(C)(C)O1. The average molecular weight is 330 g/mol. The minimum absolute atomic E-state index is 0.125. The van der Waals surface area contributed by atoms with Gasteiger partial charge in [0, 0.05) is 13.0 Å². The second-order valence-corrected chi connectivity index (χ2v) is 6.42. The fourth-order valence-electron chi connectivity index (χ4n) is 2.23. The van der Waals surface area contributed by atoms with Crippen molar-refractivity contribution >= 4 is 23.2 Å². The Labute approximate surface area is 134 Å². The summed E-state index contributed by atoms with van der Waals surface area (Å²) in [5.41, 5.74) is -0.233. The topological polar surface area (TPSA) is 77.0 Å². The van der Waals surface area contributed by atoms with E-state index in [1.54, 1.807) is 0 Å². The Morgan fingerprint density at radius 3 is 2.68 bits per heavy atom. The van der Waals surface area contributed by atoms with E-state index in [9.17, 15) is 9.90 Å². The first-order valence-corrected chi connectivity index (χ1v) is 7.25. The van der Waals surface area contributed by atoms with Crippen molar-refractivity contribution in [2.45, 2.75) is 39.1 Å². The van der Waals surface area contributed by atoms with Crippen LogP contribution in [-0.4, -0.2) is 35.6 Å². The fraction of sp³-hybridized carbons (Fsp3) is 0.533. The number of aromatic hydroxyl groups is 1. The molecule has 122 valence electrons. The van der Waals surface area contributed by atoms with Crippen LogP contribution in [0.1, 0.15) is 27.7 Å². The van der Waals surface area contributed by atoms with Crippen LogP contribution in [0.4, 0.5) is 5.69 Å². The first kappa shape index (κ1) is 16.9. The van der Waals surface area contributed by atoms with Gasteiger partial charge in [-0.15, -0.1) is 0 Å². The Hall–Kier alpha value is -1.50. The van der Waals surface area contributed by atoms with Crippen molar-refractivity contribution < 1.29 is 24.1 Å². The minimum Gasteiger partial charge on any atom is -0.506 e. The minimum atomic E-state index is -0.666. The van der Waals surface area contributed by atoms with Gasteiger partial charge in [0.15, 0.2) is 5.79 Å². The van der Waals surface area contributed by atoms with Crippen molar-refractivity contribution in [2.24, 2.45) is 0 Å². The lowest BCUT2D eigenvalue weighted by molar-refractivity contribution is -0.162. The van der Waals surface area contributed by atoms with Crippen LogP contribution in [0.2, 0.25) is 5.02 Å². The monoisotopic (exact) mass is 329 g/mol. The van der Waals surface area contributed by atoms with Gasteiger partial charge in [0.05, 0.1) is 17.3 Å². The third-order valence-corrected chi connectivity index (χ3v) is 3.41. The quantitative estimate of drug-likeness (QED) is 0.830. The molecule has 6 nitrogen and oxygen atoms in total. The summed E-state index contributed by atoms with van der Waals surface area (Å²) in [4.78, 5) is 11.3. The van der Waals surface area contributed by atoms with Gasteiger partial charge in [-0.05, 0) is 26.8 Å². The number of carbonyl (C=O) groups is 1. The second-order valence-electron chi connectivity index (χ2n) is 6.01. The summed E-state index contributed by atoms with van der Waals surface area (Å²) in [6.45, 7) is 7.49. The number of hydrogen-bond donors (Lipinski definition) is 2. The standard InChI is InChI=1S/C15H20ClNO5/c1-9(18)17-11-5-10(16)12(19)6-13(11)20-7-15(4)8-21-14(2,3)22-15/h5-6,19H,7-8H2,1-4H3,(H,17,18). The van der Waals surface area contributed by atoms with E-state index in [-0.39, 0.29) is 23.3 Å². The highest BCUT2D eigenvalue weighted by Crippen LogP contribution is 2.37. The maximum atomic E-state index is 11.3. The number of phenols is 1. The van der Waals surface area contributed by atoms with Crippen molar-refractivity contribution in [3.8, 4) is 11.5 Å². The number of phenolic OH excluding ortho intramolecular Hbond substituents is 1. The number of anilines is 1. The highest BCUT2D eigenvalue weighted by atomic mass is 35.5. The van der Waals surface area contributed by atoms with Gasteiger partial charge < -0.3 is 24.6 Å². The molecule has 1 aromatic rings. The molecule has 1 aliphatic heterocycles. The van der Waals surface area contributed by atoms with E-state index in [0.29, 0.717) is 18.0 Å². The van der Waals surface area contributed by atoms with Crippen LogP contribution < -0.4 is 10.1 Å². The summed E-state index contributed by atoms with van der Waals surface area (Å²) < 4.78 is 17.1. The predicted molar refractivity (Wildman–Crippen MR) is 82.4 cm³/mol. The lowest BCUT2D eigenvalue weighted by Crippen LogP contribution is -2.37. The molecule has 22 heavy (non-hydrogen) atoms. The number of rotatable bonds is 4. The highest BCUT2D eigenvalue weighted by Gasteiger charge is 2.42. The Kier molecular flexibility index (Phi) is 4.56. The third-order valence-electron chi connectivity index (χ3n) is 3.11. The molecule has 1 amide bonds. The van der Waals surface area contributed by atoms with E-state index in [2.05, 4.69) is 5.32 Å². The first-order chi connectivity index (χ1) is 10.1. The lowest BCUT2D eigenvalue weighted by atomic mass is 10.1. The van der Waals surface area contributed by atoms with E-state index in [0.717, 1.165) is 0 Å². The molecule has 0 aromatic heterocycles. The summed E-state index contributed by atoms with van der Waals surface area (Å²) in [6, 6.07) is 2.80. The van der Waals surface area contributed by atoms with E-state index < -0.39 is 11.4 Å². The second kappa shape index (κ2) is 5.95. The Bertz CT molecular complexity index is 590. The average Bonchev–Trinajstić information content (AvgIpc) is 2.66. The number of benzene rings is 1. The summed E-state index contributed by atoms with van der Waals surface area (Å²) in [7, 11) is 0. The van der Waals surface area contributed by atoms with Gasteiger partial charge in [-0.3, -0.25) is 4.79 Å². The first-order valence-electron chi connectivity index (χ1n) is 6.87. The fourth-order valence-corrected chi connectivity index (χ4v) is 2.39. The van der Waals surface area contributed by atoms with E-state index in [4.69, 9.17) is 25.8 Å². The Balaban J connectivity index is 2.15. The maximum Gasteiger partial charge on any atom is 0.221 e. The summed E-state index contributed by atoms with van der Waals surface area (Å²) in [5, 5.41) is 12.5. The number of halogens is 1. The van der Waals surface area contributed by atoms with Gasteiger partial charge in [0.1, 0.15) is 23.7 Å². The van der Waals surface area contributed by atoms with Gasteiger partial charge in [0.25, 0.3) is 0 Å². The zero-order valence-corrected chi connectivity index (χ0v) is 13.8. The number of ether oxygens (including phenoxy) is 3. The van der Waals surface area contributed by atoms with Crippen LogP contribution in [0.3, 0.4) is 0 Å². The number of carbonyl (C=O) groups excluding carboxylic acids is 1. The van der Waals surface area contributed by atoms with Crippen LogP contribution in [0.5, 0.6) is 11.5 Å². The molecule has 1 atom stereocenters.